The fourth-order valence-electron chi connectivity index (χ4n) is 2.98. The minimum absolute atomic E-state index is 0.102. The highest BCUT2D eigenvalue weighted by atomic mass is 32.2. The van der Waals surface area contributed by atoms with E-state index in [-0.39, 0.29) is 25.5 Å². The monoisotopic (exact) mass is 432 g/mol. The summed E-state index contributed by atoms with van der Waals surface area (Å²) < 4.78 is 62.5. The van der Waals surface area contributed by atoms with Gasteiger partial charge in [0.15, 0.2) is 0 Å². The lowest BCUT2D eigenvalue weighted by atomic mass is 9.76. The molecule has 2 N–H and O–H groups in total. The van der Waals surface area contributed by atoms with Gasteiger partial charge in [0.1, 0.15) is 16.2 Å². The van der Waals surface area contributed by atoms with E-state index in [9.17, 15) is 26.8 Å². The summed E-state index contributed by atoms with van der Waals surface area (Å²) in [4.78, 5) is 26.8. The Balaban J connectivity index is 1.92. The molecule has 0 radical (unpaired) electrons. The molecular formula is C16H18F2N4O6S. The molecule has 1 aromatic carbocycles. The normalized spacial score (nSPS) is 15.6. The first kappa shape index (κ1) is 20.8. The van der Waals surface area contributed by atoms with Crippen LogP contribution >= 0.6 is 0 Å². The van der Waals surface area contributed by atoms with Crippen molar-refractivity contribution in [2.24, 2.45) is 0 Å². The Bertz CT molecular complexity index is 1060. The molecular weight excluding hydrogens is 414 g/mol. The molecule has 1 fully saturated rings. The number of para-hydroxylation sites is 1. The number of rotatable bonds is 8. The van der Waals surface area contributed by atoms with E-state index in [1.807, 2.05) is 4.72 Å². The van der Waals surface area contributed by atoms with E-state index in [2.05, 4.69) is 14.8 Å². The zero-order valence-electron chi connectivity index (χ0n) is 15.2. The number of alkyl halides is 2. The third kappa shape index (κ3) is 3.95. The van der Waals surface area contributed by atoms with Crippen molar-refractivity contribution in [1.82, 2.24) is 19.5 Å². The van der Waals surface area contributed by atoms with Crippen LogP contribution in [-0.2, 0) is 20.4 Å². The number of nitrogens with one attached hydrogen (secondary N) is 2. The summed E-state index contributed by atoms with van der Waals surface area (Å²) in [5.41, 5.74) is -2.27. The number of hydrogen-bond donors (Lipinski definition) is 2. The van der Waals surface area contributed by atoms with E-state index in [0.29, 0.717) is 6.42 Å². The summed E-state index contributed by atoms with van der Waals surface area (Å²) in [5.74, 6) is -1.62. The van der Waals surface area contributed by atoms with Crippen LogP contribution in [0.15, 0.2) is 34.0 Å². The van der Waals surface area contributed by atoms with Gasteiger partial charge >= 0.3 is 18.3 Å². The molecule has 0 unspecified atom stereocenters. The van der Waals surface area contributed by atoms with Gasteiger partial charge in [-0.25, -0.2) is 17.9 Å². The van der Waals surface area contributed by atoms with Gasteiger partial charge in [-0.1, -0.05) is 12.1 Å². The number of carbonyl (C=O) groups excluding carboxylic acids is 1. The third-order valence-electron chi connectivity index (χ3n) is 4.47. The number of amides is 1. The Morgan fingerprint density at radius 3 is 2.66 bits per heavy atom. The van der Waals surface area contributed by atoms with E-state index >= 15 is 0 Å². The molecule has 1 saturated carbocycles. The molecule has 1 aromatic heterocycles. The average molecular weight is 432 g/mol. The number of aromatic amines is 1. The second kappa shape index (κ2) is 7.81. The summed E-state index contributed by atoms with van der Waals surface area (Å²) in [6.45, 7) is -1.35. The highest BCUT2D eigenvalue weighted by Crippen LogP contribution is 2.39. The fraction of sp³-hybridized carbons (Fsp3) is 0.438. The molecule has 29 heavy (non-hydrogen) atoms. The molecule has 0 saturated heterocycles. The molecule has 0 bridgehead atoms. The molecule has 1 amide bonds. The van der Waals surface area contributed by atoms with Crippen molar-refractivity contribution in [2.75, 3.05) is 6.61 Å². The van der Waals surface area contributed by atoms with Gasteiger partial charge in [-0.3, -0.25) is 9.78 Å². The maximum atomic E-state index is 12.9. The van der Waals surface area contributed by atoms with Gasteiger partial charge in [0.25, 0.3) is 15.9 Å². The van der Waals surface area contributed by atoms with Crippen molar-refractivity contribution in [2.45, 2.75) is 43.2 Å². The molecule has 0 aliphatic heterocycles. The zero-order valence-corrected chi connectivity index (χ0v) is 16.0. The van der Waals surface area contributed by atoms with Crippen LogP contribution in [0.1, 0.15) is 26.2 Å². The molecule has 0 spiro atoms. The van der Waals surface area contributed by atoms with Gasteiger partial charge in [0, 0.05) is 0 Å². The van der Waals surface area contributed by atoms with Crippen molar-refractivity contribution in [1.29, 1.82) is 0 Å². The van der Waals surface area contributed by atoms with Crippen molar-refractivity contribution in [3.8, 4) is 11.8 Å². The number of carbonyl (C=O) groups is 1. The number of nitrogens with zero attached hydrogens (tertiary/aromatic N) is 2. The number of halogens is 2. The Hall–Kier alpha value is -2.96. The summed E-state index contributed by atoms with van der Waals surface area (Å²) in [6.07, 6.45) is 0.890. The second-order valence-corrected chi connectivity index (χ2v) is 7.88. The van der Waals surface area contributed by atoms with E-state index in [0.717, 1.165) is 16.8 Å². The first-order chi connectivity index (χ1) is 13.7. The molecule has 0 atom stereocenters. The van der Waals surface area contributed by atoms with Gasteiger partial charge in [-0.15, -0.1) is 5.10 Å². The van der Waals surface area contributed by atoms with Crippen LogP contribution in [0.5, 0.6) is 11.8 Å². The van der Waals surface area contributed by atoms with E-state index in [1.165, 1.54) is 12.1 Å². The highest BCUT2D eigenvalue weighted by molar-refractivity contribution is 7.90. The van der Waals surface area contributed by atoms with Crippen molar-refractivity contribution in [3.63, 3.8) is 0 Å². The van der Waals surface area contributed by atoms with E-state index in [4.69, 9.17) is 4.74 Å². The Kier molecular flexibility index (Phi) is 5.59. The first-order valence-corrected chi connectivity index (χ1v) is 10.1. The zero-order chi connectivity index (χ0) is 21.2. The third-order valence-corrected chi connectivity index (χ3v) is 5.84. The van der Waals surface area contributed by atoms with Crippen LogP contribution in [0.3, 0.4) is 0 Å². The molecule has 13 heteroatoms. The van der Waals surface area contributed by atoms with Crippen molar-refractivity contribution >= 4 is 15.9 Å². The topological polar surface area (TPSA) is 132 Å². The molecule has 1 heterocycles. The SMILES string of the molecule is CCOc1nn(C2(C(=O)NS(=O)(=O)c3ccccc3OC(F)F)CCC2)c(=O)[nH]1. The predicted octanol–water partition coefficient (Wildman–Crippen LogP) is 0.956. The smallest absolute Gasteiger partial charge is 0.387 e. The Morgan fingerprint density at radius 1 is 1.38 bits per heavy atom. The molecule has 10 nitrogen and oxygen atoms in total. The summed E-state index contributed by atoms with van der Waals surface area (Å²) in [5, 5.41) is 3.92. The van der Waals surface area contributed by atoms with Crippen LogP contribution < -0.4 is 19.9 Å². The van der Waals surface area contributed by atoms with Crippen LogP contribution in [0.25, 0.3) is 0 Å². The second-order valence-electron chi connectivity index (χ2n) is 6.23. The van der Waals surface area contributed by atoms with Gasteiger partial charge in [0.2, 0.25) is 0 Å². The van der Waals surface area contributed by atoms with Gasteiger partial charge in [0.05, 0.1) is 6.61 Å². The number of aromatic nitrogens is 3. The lowest BCUT2D eigenvalue weighted by molar-refractivity contribution is -0.133. The largest absolute Gasteiger partial charge is 0.464 e. The van der Waals surface area contributed by atoms with Gasteiger partial charge in [-0.05, 0) is 38.3 Å². The number of benzene rings is 1. The standard InChI is InChI=1S/C16H18F2N4O6S/c1-2-27-14-19-15(24)22(20-14)16(8-5-9-16)12(23)21-29(25,26)11-7-4-3-6-10(11)28-13(17)18/h3-4,6-7,13H,2,5,8-9H2,1H3,(H,21,23)(H,19,20,24). The maximum absolute atomic E-state index is 12.9. The molecule has 2 aromatic rings. The summed E-state index contributed by atoms with van der Waals surface area (Å²) in [6, 6.07) is 4.56. The fourth-order valence-corrected chi connectivity index (χ4v) is 4.16. The molecule has 158 valence electrons. The first-order valence-electron chi connectivity index (χ1n) is 8.63. The minimum Gasteiger partial charge on any atom is -0.464 e. The lowest BCUT2D eigenvalue weighted by Crippen LogP contribution is -2.57. The quantitative estimate of drug-likeness (QED) is 0.635. The Labute approximate surface area is 163 Å². The van der Waals surface area contributed by atoms with E-state index in [1.54, 1.807) is 6.92 Å². The van der Waals surface area contributed by atoms with Crippen LogP contribution in [0.4, 0.5) is 8.78 Å². The van der Waals surface area contributed by atoms with Crippen LogP contribution in [0.2, 0.25) is 0 Å². The average Bonchev–Trinajstić information content (AvgIpc) is 2.94. The number of sulfonamides is 1. The number of hydrogen-bond acceptors (Lipinski definition) is 7. The van der Waals surface area contributed by atoms with Crippen LogP contribution in [-0.4, -0.2) is 42.3 Å². The minimum atomic E-state index is -4.56. The number of ether oxygens (including phenoxy) is 2. The van der Waals surface area contributed by atoms with Crippen molar-refractivity contribution in [3.05, 3.63) is 34.7 Å². The Morgan fingerprint density at radius 2 is 2.07 bits per heavy atom. The van der Waals surface area contributed by atoms with Crippen molar-refractivity contribution < 1.29 is 31.5 Å². The number of H-pyrrole nitrogens is 1. The lowest BCUT2D eigenvalue weighted by Gasteiger charge is -2.38. The van der Waals surface area contributed by atoms with Gasteiger partial charge < -0.3 is 9.47 Å². The maximum Gasteiger partial charge on any atom is 0.387 e. The summed E-state index contributed by atoms with van der Waals surface area (Å²) in [7, 11) is -4.56. The molecule has 1 aliphatic carbocycles. The summed E-state index contributed by atoms with van der Waals surface area (Å²) >= 11 is 0. The molecule has 3 rings (SSSR count). The highest BCUT2D eigenvalue weighted by Gasteiger charge is 2.50. The van der Waals surface area contributed by atoms with Crippen LogP contribution in [0, 0.1) is 0 Å². The predicted molar refractivity (Wildman–Crippen MR) is 94.2 cm³/mol. The van der Waals surface area contributed by atoms with Gasteiger partial charge in [-0.2, -0.15) is 13.5 Å². The van der Waals surface area contributed by atoms with E-state index < -0.39 is 44.4 Å². The molecule has 1 aliphatic rings.